The summed E-state index contributed by atoms with van der Waals surface area (Å²) < 4.78 is 17.4. The van der Waals surface area contributed by atoms with Crippen LogP contribution in [0.2, 0.25) is 0 Å². The Bertz CT molecular complexity index is 728. The SMILES string of the molecule is Cn1ccnc1CCn1c(N)nc2c(F)cccc21. The van der Waals surface area contributed by atoms with E-state index in [1.807, 2.05) is 28.4 Å². The Morgan fingerprint density at radius 3 is 2.95 bits per heavy atom. The number of aryl methyl sites for hydroxylation is 3. The summed E-state index contributed by atoms with van der Waals surface area (Å²) in [6.45, 7) is 0.622. The highest BCUT2D eigenvalue weighted by Gasteiger charge is 2.11. The predicted molar refractivity (Wildman–Crippen MR) is 71.0 cm³/mol. The van der Waals surface area contributed by atoms with Crippen molar-refractivity contribution in [2.75, 3.05) is 5.73 Å². The van der Waals surface area contributed by atoms with E-state index in [2.05, 4.69) is 9.97 Å². The molecule has 3 aromatic rings. The van der Waals surface area contributed by atoms with Crippen molar-refractivity contribution in [1.29, 1.82) is 0 Å². The molecular formula is C13H14FN5. The molecular weight excluding hydrogens is 245 g/mol. The summed E-state index contributed by atoms with van der Waals surface area (Å²) in [7, 11) is 1.94. The summed E-state index contributed by atoms with van der Waals surface area (Å²) in [5.41, 5.74) is 6.89. The first-order valence-electron chi connectivity index (χ1n) is 6.03. The molecule has 0 spiro atoms. The molecule has 0 amide bonds. The van der Waals surface area contributed by atoms with E-state index < -0.39 is 0 Å². The normalized spacial score (nSPS) is 11.3. The topological polar surface area (TPSA) is 61.7 Å². The molecule has 98 valence electrons. The van der Waals surface area contributed by atoms with Gasteiger partial charge in [-0.15, -0.1) is 0 Å². The van der Waals surface area contributed by atoms with Crippen LogP contribution in [-0.2, 0) is 20.0 Å². The third-order valence-corrected chi connectivity index (χ3v) is 3.24. The minimum Gasteiger partial charge on any atom is -0.369 e. The molecule has 2 aromatic heterocycles. The zero-order chi connectivity index (χ0) is 13.4. The third kappa shape index (κ3) is 1.95. The second-order valence-electron chi connectivity index (χ2n) is 4.43. The molecule has 0 unspecified atom stereocenters. The molecule has 0 radical (unpaired) electrons. The van der Waals surface area contributed by atoms with Gasteiger partial charge in [-0.2, -0.15) is 0 Å². The molecule has 19 heavy (non-hydrogen) atoms. The molecule has 2 N–H and O–H groups in total. The van der Waals surface area contributed by atoms with Crippen LogP contribution in [0.3, 0.4) is 0 Å². The molecule has 0 aliphatic rings. The predicted octanol–water partition coefficient (Wildman–Crippen LogP) is 1.73. The van der Waals surface area contributed by atoms with E-state index in [0.29, 0.717) is 23.5 Å². The van der Waals surface area contributed by atoms with E-state index in [9.17, 15) is 4.39 Å². The molecule has 6 heteroatoms. The van der Waals surface area contributed by atoms with Gasteiger partial charge >= 0.3 is 0 Å². The van der Waals surface area contributed by atoms with Crippen LogP contribution < -0.4 is 5.73 Å². The van der Waals surface area contributed by atoms with Crippen molar-refractivity contribution in [3.63, 3.8) is 0 Å². The van der Waals surface area contributed by atoms with Crippen molar-refractivity contribution in [1.82, 2.24) is 19.1 Å². The lowest BCUT2D eigenvalue weighted by atomic mass is 10.3. The van der Waals surface area contributed by atoms with Gasteiger partial charge in [-0.05, 0) is 12.1 Å². The highest BCUT2D eigenvalue weighted by Crippen LogP contribution is 2.20. The summed E-state index contributed by atoms with van der Waals surface area (Å²) in [5, 5.41) is 0. The Morgan fingerprint density at radius 2 is 2.21 bits per heavy atom. The number of para-hydroxylation sites is 1. The molecule has 0 saturated carbocycles. The first-order valence-corrected chi connectivity index (χ1v) is 6.03. The van der Waals surface area contributed by atoms with Crippen LogP contribution in [0, 0.1) is 5.82 Å². The summed E-state index contributed by atoms with van der Waals surface area (Å²) in [5.74, 6) is 0.937. The number of imidazole rings is 2. The minimum absolute atomic E-state index is 0.319. The number of benzene rings is 1. The molecule has 3 rings (SSSR count). The number of rotatable bonds is 3. The monoisotopic (exact) mass is 259 g/mol. The van der Waals surface area contributed by atoms with Gasteiger partial charge in [-0.25, -0.2) is 14.4 Å². The number of hydrogen-bond acceptors (Lipinski definition) is 3. The number of anilines is 1. The van der Waals surface area contributed by atoms with Crippen LogP contribution in [0.4, 0.5) is 10.3 Å². The molecule has 2 heterocycles. The Morgan fingerprint density at radius 1 is 1.37 bits per heavy atom. The lowest BCUT2D eigenvalue weighted by Gasteiger charge is -2.06. The second kappa shape index (κ2) is 4.38. The summed E-state index contributed by atoms with van der Waals surface area (Å²) in [6, 6.07) is 4.87. The maximum atomic E-state index is 13.6. The van der Waals surface area contributed by atoms with Crippen LogP contribution >= 0.6 is 0 Å². The molecule has 0 saturated heterocycles. The lowest BCUT2D eigenvalue weighted by Crippen LogP contribution is -2.08. The van der Waals surface area contributed by atoms with Gasteiger partial charge in [0.1, 0.15) is 11.3 Å². The number of halogens is 1. The first-order chi connectivity index (χ1) is 9.16. The largest absolute Gasteiger partial charge is 0.369 e. The molecule has 0 bridgehead atoms. The maximum absolute atomic E-state index is 13.6. The zero-order valence-corrected chi connectivity index (χ0v) is 10.5. The molecule has 0 fully saturated rings. The Labute approximate surface area is 109 Å². The van der Waals surface area contributed by atoms with Crippen molar-refractivity contribution in [2.45, 2.75) is 13.0 Å². The zero-order valence-electron chi connectivity index (χ0n) is 10.5. The van der Waals surface area contributed by atoms with Gasteiger partial charge in [0.2, 0.25) is 5.95 Å². The number of fused-ring (bicyclic) bond motifs is 1. The number of aromatic nitrogens is 4. The quantitative estimate of drug-likeness (QED) is 0.779. The van der Waals surface area contributed by atoms with Gasteiger partial charge < -0.3 is 14.9 Å². The van der Waals surface area contributed by atoms with Gasteiger partial charge in [0.05, 0.1) is 5.52 Å². The van der Waals surface area contributed by atoms with Gasteiger partial charge in [0, 0.05) is 32.4 Å². The second-order valence-corrected chi connectivity index (χ2v) is 4.43. The number of nitrogens with two attached hydrogens (primary N) is 1. The fraction of sp³-hybridized carbons (Fsp3) is 0.231. The number of nitrogens with zero attached hydrogens (tertiary/aromatic N) is 4. The van der Waals surface area contributed by atoms with E-state index in [-0.39, 0.29) is 5.82 Å². The minimum atomic E-state index is -0.347. The highest BCUT2D eigenvalue weighted by atomic mass is 19.1. The summed E-state index contributed by atoms with van der Waals surface area (Å²) >= 11 is 0. The van der Waals surface area contributed by atoms with Crippen LogP contribution in [0.15, 0.2) is 30.6 Å². The van der Waals surface area contributed by atoms with Gasteiger partial charge in [-0.1, -0.05) is 6.07 Å². The molecule has 0 aliphatic heterocycles. The van der Waals surface area contributed by atoms with E-state index in [0.717, 1.165) is 12.2 Å². The van der Waals surface area contributed by atoms with Crippen LogP contribution in [0.1, 0.15) is 5.82 Å². The van der Waals surface area contributed by atoms with Gasteiger partial charge in [0.15, 0.2) is 5.82 Å². The Kier molecular flexibility index (Phi) is 2.70. The summed E-state index contributed by atoms with van der Waals surface area (Å²) in [6.07, 6.45) is 4.37. The number of hydrogen-bond donors (Lipinski definition) is 1. The average Bonchev–Trinajstić information content (AvgIpc) is 2.92. The molecule has 0 aliphatic carbocycles. The van der Waals surface area contributed by atoms with E-state index in [1.54, 1.807) is 12.3 Å². The fourth-order valence-electron chi connectivity index (χ4n) is 2.21. The Balaban J connectivity index is 1.95. The van der Waals surface area contributed by atoms with Crippen LogP contribution in [-0.4, -0.2) is 19.1 Å². The van der Waals surface area contributed by atoms with Crippen molar-refractivity contribution >= 4 is 17.0 Å². The van der Waals surface area contributed by atoms with Crippen LogP contribution in [0.25, 0.3) is 11.0 Å². The van der Waals surface area contributed by atoms with Crippen molar-refractivity contribution in [2.24, 2.45) is 7.05 Å². The van der Waals surface area contributed by atoms with Crippen molar-refractivity contribution < 1.29 is 4.39 Å². The van der Waals surface area contributed by atoms with Crippen molar-refractivity contribution in [3.05, 3.63) is 42.2 Å². The van der Waals surface area contributed by atoms with Gasteiger partial charge in [-0.3, -0.25) is 0 Å². The first kappa shape index (κ1) is 11.7. The van der Waals surface area contributed by atoms with E-state index in [1.165, 1.54) is 6.07 Å². The van der Waals surface area contributed by atoms with E-state index in [4.69, 9.17) is 5.73 Å². The van der Waals surface area contributed by atoms with Crippen LogP contribution in [0.5, 0.6) is 0 Å². The van der Waals surface area contributed by atoms with Crippen molar-refractivity contribution in [3.8, 4) is 0 Å². The highest BCUT2D eigenvalue weighted by molar-refractivity contribution is 5.78. The lowest BCUT2D eigenvalue weighted by molar-refractivity contribution is 0.637. The third-order valence-electron chi connectivity index (χ3n) is 3.24. The maximum Gasteiger partial charge on any atom is 0.201 e. The van der Waals surface area contributed by atoms with E-state index >= 15 is 0 Å². The standard InChI is InChI=1S/C13H14FN5/c1-18-8-6-16-11(18)5-7-19-10-4-2-3-9(14)12(10)17-13(19)15/h2-4,6,8H,5,7H2,1H3,(H2,15,17). The fourth-order valence-corrected chi connectivity index (χ4v) is 2.21. The smallest absolute Gasteiger partial charge is 0.201 e. The number of nitrogen functional groups attached to an aromatic ring is 1. The molecule has 0 atom stereocenters. The summed E-state index contributed by atoms with van der Waals surface area (Å²) in [4.78, 5) is 8.33. The Hall–Kier alpha value is -2.37. The molecule has 5 nitrogen and oxygen atoms in total. The molecule has 1 aromatic carbocycles. The average molecular weight is 259 g/mol. The van der Waals surface area contributed by atoms with Gasteiger partial charge in [0.25, 0.3) is 0 Å².